The summed E-state index contributed by atoms with van der Waals surface area (Å²) < 4.78 is 5.71. The number of carbonyl (C=O) groups excluding carboxylic acids is 3. The van der Waals surface area contributed by atoms with E-state index >= 15 is 0 Å². The Morgan fingerprint density at radius 1 is 1.36 bits per heavy atom. The van der Waals surface area contributed by atoms with E-state index in [9.17, 15) is 14.4 Å². The van der Waals surface area contributed by atoms with Crippen LogP contribution in [0.4, 0.5) is 5.69 Å². The lowest BCUT2D eigenvalue weighted by Crippen LogP contribution is -2.56. The number of nitrogens with zero attached hydrogens (tertiary/aromatic N) is 2. The van der Waals surface area contributed by atoms with Crippen LogP contribution in [-0.2, 0) is 9.59 Å². The van der Waals surface area contributed by atoms with Crippen molar-refractivity contribution in [3.8, 4) is 5.88 Å². The van der Waals surface area contributed by atoms with Gasteiger partial charge in [0.25, 0.3) is 5.91 Å². The molecule has 1 aromatic heterocycles. The van der Waals surface area contributed by atoms with E-state index < -0.39 is 17.9 Å². The predicted molar refractivity (Wildman–Crippen MR) is 87.4 cm³/mol. The van der Waals surface area contributed by atoms with E-state index in [1.807, 2.05) is 6.07 Å². The van der Waals surface area contributed by atoms with E-state index in [0.29, 0.717) is 18.9 Å². The highest BCUT2D eigenvalue weighted by atomic mass is 16.5. The number of pyridine rings is 1. The number of aromatic nitrogens is 1. The fourth-order valence-electron chi connectivity index (χ4n) is 3.35. The molecule has 3 aliphatic heterocycles. The summed E-state index contributed by atoms with van der Waals surface area (Å²) in [5.41, 5.74) is 1.08. The lowest BCUT2D eigenvalue weighted by atomic mass is 10.1. The second kappa shape index (κ2) is 6.32. The van der Waals surface area contributed by atoms with E-state index in [4.69, 9.17) is 4.74 Å². The van der Waals surface area contributed by atoms with Crippen molar-refractivity contribution < 1.29 is 19.1 Å². The van der Waals surface area contributed by atoms with E-state index in [2.05, 4.69) is 25.8 Å². The highest BCUT2D eigenvalue weighted by molar-refractivity contribution is 6.03. The molecule has 0 aromatic carbocycles. The Hall–Kier alpha value is -2.68. The summed E-state index contributed by atoms with van der Waals surface area (Å²) in [6.45, 7) is 3.14. The van der Waals surface area contributed by atoms with Crippen molar-refractivity contribution in [1.29, 1.82) is 0 Å². The van der Waals surface area contributed by atoms with E-state index in [-0.39, 0.29) is 24.1 Å². The monoisotopic (exact) mass is 345 g/mol. The zero-order valence-corrected chi connectivity index (χ0v) is 13.6. The molecular formula is C16H19N5O4. The van der Waals surface area contributed by atoms with Gasteiger partial charge in [-0.15, -0.1) is 0 Å². The number of hydrogen-bond acceptors (Lipinski definition) is 7. The van der Waals surface area contributed by atoms with Gasteiger partial charge in [-0.05, 0) is 18.6 Å². The van der Waals surface area contributed by atoms with Crippen LogP contribution in [-0.4, -0.2) is 61.0 Å². The van der Waals surface area contributed by atoms with Crippen LogP contribution in [0.2, 0.25) is 0 Å². The second-order valence-corrected chi connectivity index (χ2v) is 6.36. The molecule has 4 heterocycles. The number of fused-ring (bicyclic) bond motifs is 3. The molecule has 2 atom stereocenters. The first kappa shape index (κ1) is 15.8. The van der Waals surface area contributed by atoms with E-state index in [1.54, 1.807) is 6.07 Å². The van der Waals surface area contributed by atoms with Gasteiger partial charge in [-0.1, -0.05) is 0 Å². The smallest absolute Gasteiger partial charge is 0.270 e. The van der Waals surface area contributed by atoms with Crippen molar-refractivity contribution in [3.05, 3.63) is 17.8 Å². The van der Waals surface area contributed by atoms with Crippen LogP contribution in [0, 0.1) is 0 Å². The highest BCUT2D eigenvalue weighted by Crippen LogP contribution is 2.32. The van der Waals surface area contributed by atoms with Crippen LogP contribution < -0.4 is 25.6 Å². The normalized spacial score (nSPS) is 25.4. The zero-order chi connectivity index (χ0) is 17.4. The van der Waals surface area contributed by atoms with Crippen molar-refractivity contribution in [2.75, 3.05) is 31.1 Å². The molecule has 2 fully saturated rings. The molecule has 9 nitrogen and oxygen atoms in total. The predicted octanol–water partition coefficient (Wildman–Crippen LogP) is -1.21. The summed E-state index contributed by atoms with van der Waals surface area (Å²) in [5.74, 6) is -0.818. The molecule has 3 N–H and O–H groups in total. The minimum absolute atomic E-state index is 0.192. The van der Waals surface area contributed by atoms with Crippen LogP contribution >= 0.6 is 0 Å². The van der Waals surface area contributed by atoms with Crippen molar-refractivity contribution in [2.24, 2.45) is 0 Å². The molecule has 0 radical (unpaired) electrons. The van der Waals surface area contributed by atoms with Gasteiger partial charge in [0, 0.05) is 26.1 Å². The largest absolute Gasteiger partial charge is 0.474 e. The standard InChI is InChI=1S/C16H19N5O4/c22-13-4-2-10(15(24)20-13)18-14(23)11-1-3-12-16(19-11)25-8-9-7-17-5-6-21(9)12/h1,3,9-10,17H,2,4-8H2,(H,18,23)(H,20,22,24). The first-order valence-corrected chi connectivity index (χ1v) is 8.37. The van der Waals surface area contributed by atoms with Gasteiger partial charge in [0.2, 0.25) is 17.7 Å². The average molecular weight is 345 g/mol. The summed E-state index contributed by atoms with van der Waals surface area (Å²) in [6, 6.07) is 3.01. The molecule has 0 spiro atoms. The molecule has 2 unspecified atom stereocenters. The number of imide groups is 1. The maximum absolute atomic E-state index is 12.4. The quantitative estimate of drug-likeness (QED) is 0.576. The van der Waals surface area contributed by atoms with Gasteiger partial charge in [-0.25, -0.2) is 4.98 Å². The van der Waals surface area contributed by atoms with Crippen molar-refractivity contribution in [1.82, 2.24) is 20.9 Å². The van der Waals surface area contributed by atoms with Crippen LogP contribution in [0.1, 0.15) is 23.3 Å². The Morgan fingerprint density at radius 3 is 3.08 bits per heavy atom. The SMILES string of the molecule is O=C1CCC(NC(=O)c2ccc3c(n2)OCC2CNCCN32)C(=O)N1. The third-order valence-electron chi connectivity index (χ3n) is 4.69. The van der Waals surface area contributed by atoms with Gasteiger partial charge in [-0.2, -0.15) is 0 Å². The molecule has 0 bridgehead atoms. The fourth-order valence-corrected chi connectivity index (χ4v) is 3.35. The Kier molecular flexibility index (Phi) is 4.00. The van der Waals surface area contributed by atoms with Crippen LogP contribution in [0.3, 0.4) is 0 Å². The van der Waals surface area contributed by atoms with Gasteiger partial charge in [0.15, 0.2) is 0 Å². The third kappa shape index (κ3) is 3.02. The Morgan fingerprint density at radius 2 is 2.24 bits per heavy atom. The van der Waals surface area contributed by atoms with Crippen molar-refractivity contribution >= 4 is 23.4 Å². The van der Waals surface area contributed by atoms with Gasteiger partial charge in [-0.3, -0.25) is 19.7 Å². The van der Waals surface area contributed by atoms with Crippen LogP contribution in [0.5, 0.6) is 5.88 Å². The molecule has 25 heavy (non-hydrogen) atoms. The maximum atomic E-state index is 12.4. The Balaban J connectivity index is 1.49. The van der Waals surface area contributed by atoms with Gasteiger partial charge in [0.05, 0.1) is 6.04 Å². The molecule has 9 heteroatoms. The van der Waals surface area contributed by atoms with Crippen molar-refractivity contribution in [2.45, 2.75) is 24.9 Å². The number of carbonyl (C=O) groups is 3. The van der Waals surface area contributed by atoms with Gasteiger partial charge >= 0.3 is 0 Å². The zero-order valence-electron chi connectivity index (χ0n) is 13.6. The summed E-state index contributed by atoms with van der Waals surface area (Å²) >= 11 is 0. The highest BCUT2D eigenvalue weighted by Gasteiger charge is 2.32. The van der Waals surface area contributed by atoms with Crippen LogP contribution in [0.25, 0.3) is 0 Å². The van der Waals surface area contributed by atoms with Gasteiger partial charge < -0.3 is 20.3 Å². The number of hydrogen-bond donors (Lipinski definition) is 3. The molecule has 0 aliphatic carbocycles. The number of nitrogens with one attached hydrogen (secondary N) is 3. The summed E-state index contributed by atoms with van der Waals surface area (Å²) in [6.07, 6.45) is 0.502. The minimum atomic E-state index is -0.721. The minimum Gasteiger partial charge on any atom is -0.474 e. The molecular weight excluding hydrogens is 326 g/mol. The molecule has 1 aromatic rings. The lowest BCUT2D eigenvalue weighted by Gasteiger charge is -2.41. The molecule has 2 saturated heterocycles. The average Bonchev–Trinajstić information content (AvgIpc) is 2.63. The molecule has 4 rings (SSSR count). The van der Waals surface area contributed by atoms with E-state index in [1.165, 1.54) is 0 Å². The maximum Gasteiger partial charge on any atom is 0.270 e. The fraction of sp³-hybridized carbons (Fsp3) is 0.500. The number of ether oxygens (including phenoxy) is 1. The first-order valence-electron chi connectivity index (χ1n) is 8.37. The lowest BCUT2D eigenvalue weighted by molar-refractivity contribution is -0.134. The number of piperidine rings is 1. The Labute approximate surface area is 144 Å². The molecule has 132 valence electrons. The topological polar surface area (TPSA) is 113 Å². The van der Waals surface area contributed by atoms with Crippen molar-refractivity contribution in [3.63, 3.8) is 0 Å². The second-order valence-electron chi connectivity index (χ2n) is 6.36. The summed E-state index contributed by atoms with van der Waals surface area (Å²) in [4.78, 5) is 41.9. The van der Waals surface area contributed by atoms with Gasteiger partial charge in [0.1, 0.15) is 24.0 Å². The van der Waals surface area contributed by atoms with E-state index in [0.717, 1.165) is 25.3 Å². The summed E-state index contributed by atoms with van der Waals surface area (Å²) in [7, 11) is 0. The first-order chi connectivity index (χ1) is 12.1. The van der Waals surface area contributed by atoms with Crippen LogP contribution in [0.15, 0.2) is 12.1 Å². The number of rotatable bonds is 2. The molecule has 3 amide bonds. The molecule has 0 saturated carbocycles. The third-order valence-corrected chi connectivity index (χ3v) is 4.69. The summed E-state index contributed by atoms with van der Waals surface area (Å²) in [5, 5.41) is 8.17. The number of piperazine rings is 1. The Bertz CT molecular complexity index is 737. The number of anilines is 1. The number of amides is 3. The molecule has 3 aliphatic rings.